The maximum absolute atomic E-state index is 12.2. The number of carbonyl (C=O) groups excluding carboxylic acids is 2. The summed E-state index contributed by atoms with van der Waals surface area (Å²) in [6, 6.07) is 18.9. The summed E-state index contributed by atoms with van der Waals surface area (Å²) in [4.78, 5) is 28.2. The van der Waals surface area contributed by atoms with Crippen molar-refractivity contribution >= 4 is 11.8 Å². The number of nitrogens with one attached hydrogen (secondary N) is 2. The van der Waals surface area contributed by atoms with E-state index in [9.17, 15) is 9.59 Å². The highest BCUT2D eigenvalue weighted by Crippen LogP contribution is 2.12. The first-order chi connectivity index (χ1) is 13.1. The van der Waals surface area contributed by atoms with E-state index in [-0.39, 0.29) is 30.1 Å². The summed E-state index contributed by atoms with van der Waals surface area (Å²) in [6.45, 7) is 2.28. The standard InChI is InChI=1S/C20H20N4O3/c1-14(16-10-6-3-7-11-16)22-19(26)20-23-17(24-27-20)12-18(25)21-13-15-8-4-2-5-9-15/h2-11,14H,12-13H2,1H3,(H,21,25)(H,22,26). The van der Waals surface area contributed by atoms with Crippen molar-refractivity contribution in [1.29, 1.82) is 0 Å². The average molecular weight is 364 g/mol. The summed E-state index contributed by atoms with van der Waals surface area (Å²) in [6.07, 6.45) is -0.0577. The Hall–Kier alpha value is -3.48. The van der Waals surface area contributed by atoms with Gasteiger partial charge in [-0.2, -0.15) is 4.98 Å². The van der Waals surface area contributed by atoms with Crippen molar-refractivity contribution in [2.75, 3.05) is 0 Å². The number of aromatic nitrogens is 2. The highest BCUT2D eigenvalue weighted by Gasteiger charge is 2.19. The summed E-state index contributed by atoms with van der Waals surface area (Å²) in [5.41, 5.74) is 1.96. The summed E-state index contributed by atoms with van der Waals surface area (Å²) in [5.74, 6) is -0.722. The lowest BCUT2D eigenvalue weighted by Gasteiger charge is -2.12. The van der Waals surface area contributed by atoms with E-state index in [1.807, 2.05) is 67.6 Å². The number of nitrogens with zero attached hydrogens (tertiary/aromatic N) is 2. The second-order valence-electron chi connectivity index (χ2n) is 6.06. The van der Waals surface area contributed by atoms with Crippen LogP contribution in [-0.2, 0) is 17.8 Å². The minimum Gasteiger partial charge on any atom is -0.352 e. The molecule has 1 unspecified atom stereocenters. The van der Waals surface area contributed by atoms with Gasteiger partial charge in [0, 0.05) is 6.54 Å². The maximum atomic E-state index is 12.2. The van der Waals surface area contributed by atoms with Crippen LogP contribution in [0.2, 0.25) is 0 Å². The Bertz CT molecular complexity index is 894. The highest BCUT2D eigenvalue weighted by atomic mass is 16.5. The Labute approximate surface area is 156 Å². The van der Waals surface area contributed by atoms with Crippen LogP contribution in [0.3, 0.4) is 0 Å². The number of hydrogen-bond donors (Lipinski definition) is 2. The third-order valence-electron chi connectivity index (χ3n) is 3.96. The summed E-state index contributed by atoms with van der Waals surface area (Å²) in [7, 11) is 0. The summed E-state index contributed by atoms with van der Waals surface area (Å²) < 4.78 is 4.97. The third kappa shape index (κ3) is 5.24. The van der Waals surface area contributed by atoms with Crippen LogP contribution in [0.5, 0.6) is 0 Å². The average Bonchev–Trinajstić information content (AvgIpc) is 3.16. The van der Waals surface area contributed by atoms with Crippen LogP contribution in [0.1, 0.15) is 40.6 Å². The molecule has 7 nitrogen and oxygen atoms in total. The molecule has 3 rings (SSSR count). The normalized spacial score (nSPS) is 11.6. The van der Waals surface area contributed by atoms with Crippen molar-refractivity contribution in [1.82, 2.24) is 20.8 Å². The fourth-order valence-electron chi connectivity index (χ4n) is 2.50. The zero-order valence-corrected chi connectivity index (χ0v) is 14.9. The van der Waals surface area contributed by atoms with Crippen LogP contribution in [0.15, 0.2) is 65.2 Å². The Morgan fingerprint density at radius 3 is 2.41 bits per heavy atom. The Balaban J connectivity index is 1.51. The molecule has 1 atom stereocenters. The molecule has 2 N–H and O–H groups in total. The molecule has 1 aromatic heterocycles. The van der Waals surface area contributed by atoms with Crippen LogP contribution >= 0.6 is 0 Å². The Morgan fingerprint density at radius 1 is 1.04 bits per heavy atom. The van der Waals surface area contributed by atoms with Crippen molar-refractivity contribution in [3.8, 4) is 0 Å². The number of rotatable bonds is 7. The Kier molecular flexibility index (Phi) is 5.94. The second kappa shape index (κ2) is 8.75. The molecule has 0 saturated carbocycles. The van der Waals surface area contributed by atoms with Crippen LogP contribution in [-0.4, -0.2) is 22.0 Å². The molecule has 3 aromatic rings. The molecule has 27 heavy (non-hydrogen) atoms. The first-order valence-corrected chi connectivity index (χ1v) is 8.61. The first-order valence-electron chi connectivity index (χ1n) is 8.61. The van der Waals surface area contributed by atoms with E-state index in [2.05, 4.69) is 20.8 Å². The van der Waals surface area contributed by atoms with Crippen molar-refractivity contribution in [3.63, 3.8) is 0 Å². The smallest absolute Gasteiger partial charge is 0.315 e. The van der Waals surface area contributed by atoms with Gasteiger partial charge in [0.2, 0.25) is 5.91 Å². The molecule has 138 valence electrons. The monoisotopic (exact) mass is 364 g/mol. The molecular weight excluding hydrogens is 344 g/mol. The lowest BCUT2D eigenvalue weighted by atomic mass is 10.1. The molecule has 0 aliphatic heterocycles. The minimum atomic E-state index is -0.477. The van der Waals surface area contributed by atoms with E-state index in [4.69, 9.17) is 4.52 Å². The molecule has 2 aromatic carbocycles. The van der Waals surface area contributed by atoms with Crippen LogP contribution in [0.25, 0.3) is 0 Å². The van der Waals surface area contributed by atoms with E-state index < -0.39 is 5.91 Å². The molecule has 0 saturated heterocycles. The number of hydrogen-bond acceptors (Lipinski definition) is 5. The summed E-state index contributed by atoms with van der Waals surface area (Å²) >= 11 is 0. The van der Waals surface area contributed by atoms with Gasteiger partial charge < -0.3 is 15.2 Å². The van der Waals surface area contributed by atoms with E-state index in [1.165, 1.54) is 0 Å². The van der Waals surface area contributed by atoms with E-state index in [1.54, 1.807) is 0 Å². The predicted octanol–water partition coefficient (Wildman–Crippen LogP) is 2.42. The molecule has 7 heteroatoms. The van der Waals surface area contributed by atoms with Crippen LogP contribution in [0, 0.1) is 0 Å². The lowest BCUT2D eigenvalue weighted by Crippen LogP contribution is -2.27. The largest absolute Gasteiger partial charge is 0.352 e. The maximum Gasteiger partial charge on any atom is 0.315 e. The molecular formula is C20H20N4O3. The molecule has 0 aliphatic rings. The van der Waals surface area contributed by atoms with Crippen molar-refractivity contribution < 1.29 is 14.1 Å². The number of carbonyl (C=O) groups is 2. The molecule has 0 fully saturated rings. The SMILES string of the molecule is CC(NC(=O)c1nc(CC(=O)NCc2ccccc2)no1)c1ccccc1. The van der Waals surface area contributed by atoms with Gasteiger partial charge in [0.25, 0.3) is 0 Å². The van der Waals surface area contributed by atoms with E-state index in [0.717, 1.165) is 11.1 Å². The Morgan fingerprint density at radius 2 is 1.70 bits per heavy atom. The van der Waals surface area contributed by atoms with Crippen molar-refractivity contribution in [2.45, 2.75) is 25.9 Å². The van der Waals surface area contributed by atoms with Gasteiger partial charge in [-0.1, -0.05) is 65.8 Å². The molecule has 1 heterocycles. The molecule has 0 bridgehead atoms. The van der Waals surface area contributed by atoms with Gasteiger partial charge in [-0.25, -0.2) is 0 Å². The van der Waals surface area contributed by atoms with Gasteiger partial charge in [0.1, 0.15) is 0 Å². The van der Waals surface area contributed by atoms with Gasteiger partial charge in [0.15, 0.2) is 5.82 Å². The van der Waals surface area contributed by atoms with Gasteiger partial charge in [-0.3, -0.25) is 9.59 Å². The van der Waals surface area contributed by atoms with Gasteiger partial charge >= 0.3 is 11.8 Å². The quantitative estimate of drug-likeness (QED) is 0.671. The van der Waals surface area contributed by atoms with Gasteiger partial charge in [-0.15, -0.1) is 0 Å². The number of benzene rings is 2. The topological polar surface area (TPSA) is 97.1 Å². The fourth-order valence-corrected chi connectivity index (χ4v) is 2.50. The molecule has 2 amide bonds. The minimum absolute atomic E-state index is 0.0577. The highest BCUT2D eigenvalue weighted by molar-refractivity contribution is 5.89. The van der Waals surface area contributed by atoms with Gasteiger partial charge in [0.05, 0.1) is 12.5 Å². The van der Waals surface area contributed by atoms with E-state index in [0.29, 0.717) is 6.54 Å². The van der Waals surface area contributed by atoms with E-state index >= 15 is 0 Å². The predicted molar refractivity (Wildman–Crippen MR) is 98.6 cm³/mol. The third-order valence-corrected chi connectivity index (χ3v) is 3.96. The van der Waals surface area contributed by atoms with Crippen LogP contribution in [0.4, 0.5) is 0 Å². The molecule has 0 radical (unpaired) electrons. The van der Waals surface area contributed by atoms with Gasteiger partial charge in [-0.05, 0) is 18.1 Å². The molecule has 0 aliphatic carbocycles. The zero-order chi connectivity index (χ0) is 19.1. The lowest BCUT2D eigenvalue weighted by molar-refractivity contribution is -0.120. The number of amides is 2. The van der Waals surface area contributed by atoms with Crippen molar-refractivity contribution in [2.24, 2.45) is 0 Å². The molecule has 0 spiro atoms. The van der Waals surface area contributed by atoms with Crippen LogP contribution < -0.4 is 10.6 Å². The van der Waals surface area contributed by atoms with Crippen molar-refractivity contribution in [3.05, 3.63) is 83.5 Å². The summed E-state index contributed by atoms with van der Waals surface area (Å²) in [5, 5.41) is 9.27. The first kappa shape index (κ1) is 18.3. The zero-order valence-electron chi connectivity index (χ0n) is 14.9. The fraction of sp³-hybridized carbons (Fsp3) is 0.200. The second-order valence-corrected chi connectivity index (χ2v) is 6.06.